The minimum Gasteiger partial charge on any atom is -0.409 e. The molecule has 2 aromatic rings. The van der Waals surface area contributed by atoms with Gasteiger partial charge in [0.1, 0.15) is 0 Å². The molecule has 0 aliphatic carbocycles. The fourth-order valence-electron chi connectivity index (χ4n) is 2.78. The van der Waals surface area contributed by atoms with Gasteiger partial charge in [-0.3, -0.25) is 9.69 Å². The maximum Gasteiger partial charge on any atom is 0.228 e. The Labute approximate surface area is 132 Å². The van der Waals surface area contributed by atoms with Crippen LogP contribution in [-0.4, -0.2) is 17.0 Å². The van der Waals surface area contributed by atoms with E-state index in [2.05, 4.69) is 5.16 Å². The molecule has 1 aromatic carbocycles. The van der Waals surface area contributed by atoms with Crippen LogP contribution in [0.25, 0.3) is 0 Å². The monoisotopic (exact) mass is 315 g/mol. The van der Waals surface area contributed by atoms with E-state index in [1.165, 1.54) is 11.3 Å². The van der Waals surface area contributed by atoms with E-state index in [-0.39, 0.29) is 17.8 Å². The molecule has 1 saturated heterocycles. The summed E-state index contributed by atoms with van der Waals surface area (Å²) >= 11 is 1.36. The molecule has 114 valence electrons. The Hall–Kier alpha value is -2.34. The highest BCUT2D eigenvalue weighted by atomic mass is 32.1. The van der Waals surface area contributed by atoms with Crippen LogP contribution in [0.5, 0.6) is 0 Å². The van der Waals surface area contributed by atoms with Gasteiger partial charge in [0.25, 0.3) is 0 Å². The minimum absolute atomic E-state index is 0.0428. The first-order chi connectivity index (χ1) is 10.7. The smallest absolute Gasteiger partial charge is 0.228 e. The summed E-state index contributed by atoms with van der Waals surface area (Å²) in [5.74, 6) is 0.185. The molecule has 22 heavy (non-hydrogen) atoms. The van der Waals surface area contributed by atoms with Crippen molar-refractivity contribution in [2.75, 3.05) is 4.90 Å². The number of oxime groups is 1. The molecular weight excluding hydrogens is 298 g/mol. The van der Waals surface area contributed by atoms with Gasteiger partial charge >= 0.3 is 0 Å². The van der Waals surface area contributed by atoms with E-state index in [1.807, 2.05) is 41.3 Å². The molecule has 0 radical (unpaired) electrons. The molecule has 1 aliphatic rings. The number of hydrogen-bond donors (Lipinski definition) is 2. The van der Waals surface area contributed by atoms with Crippen LogP contribution in [0.3, 0.4) is 0 Å². The van der Waals surface area contributed by atoms with Crippen LogP contribution in [0, 0.1) is 0 Å². The third kappa shape index (κ3) is 2.69. The minimum atomic E-state index is 0.0428. The van der Waals surface area contributed by atoms with E-state index >= 15 is 0 Å². The molecule has 1 unspecified atom stereocenters. The van der Waals surface area contributed by atoms with Gasteiger partial charge in [-0.15, -0.1) is 11.3 Å². The zero-order chi connectivity index (χ0) is 15.5. The predicted octanol–water partition coefficient (Wildman–Crippen LogP) is 3.10. The molecule has 1 aromatic heterocycles. The molecule has 2 heterocycles. The van der Waals surface area contributed by atoms with Gasteiger partial charge in [-0.25, -0.2) is 0 Å². The Balaban J connectivity index is 1.97. The molecule has 6 heteroatoms. The molecule has 1 aliphatic heterocycles. The molecule has 3 N–H and O–H groups in total. The van der Waals surface area contributed by atoms with Gasteiger partial charge in [0, 0.05) is 6.42 Å². The first-order valence-corrected chi connectivity index (χ1v) is 7.97. The number of carbonyl (C=O) groups is 1. The van der Waals surface area contributed by atoms with Crippen molar-refractivity contribution < 1.29 is 10.0 Å². The number of rotatable bonds is 3. The molecule has 3 rings (SSSR count). The van der Waals surface area contributed by atoms with Crippen molar-refractivity contribution in [1.82, 2.24) is 0 Å². The van der Waals surface area contributed by atoms with Crippen molar-refractivity contribution in [3.63, 3.8) is 0 Å². The maximum absolute atomic E-state index is 12.4. The lowest BCUT2D eigenvalue weighted by Crippen LogP contribution is -2.37. The lowest BCUT2D eigenvalue weighted by Gasteiger charge is -2.35. The molecule has 0 spiro atoms. The van der Waals surface area contributed by atoms with Crippen molar-refractivity contribution in [3.8, 4) is 0 Å². The Morgan fingerprint density at radius 2 is 2.05 bits per heavy atom. The van der Waals surface area contributed by atoms with Crippen LogP contribution < -0.4 is 10.6 Å². The van der Waals surface area contributed by atoms with Gasteiger partial charge in [0.15, 0.2) is 5.84 Å². The summed E-state index contributed by atoms with van der Waals surface area (Å²) in [6.45, 7) is 0. The van der Waals surface area contributed by atoms with Crippen LogP contribution >= 0.6 is 11.3 Å². The number of amides is 1. The van der Waals surface area contributed by atoms with Crippen LogP contribution in [0.15, 0.2) is 47.6 Å². The first kappa shape index (κ1) is 14.6. The second kappa shape index (κ2) is 6.19. The number of amidine groups is 1. The fraction of sp³-hybridized carbons (Fsp3) is 0.250. The molecular formula is C16H17N3O2S. The topological polar surface area (TPSA) is 78.9 Å². The SMILES string of the molecule is N/C(=N\O)c1ccc(N2C(=O)CCCC2c2ccccc2)s1. The normalized spacial score (nSPS) is 19.5. The van der Waals surface area contributed by atoms with Crippen molar-refractivity contribution in [3.05, 3.63) is 52.9 Å². The quantitative estimate of drug-likeness (QED) is 0.395. The average molecular weight is 315 g/mol. The summed E-state index contributed by atoms with van der Waals surface area (Å²) in [4.78, 5) is 14.9. The predicted molar refractivity (Wildman–Crippen MR) is 87.3 cm³/mol. The summed E-state index contributed by atoms with van der Waals surface area (Å²) in [5.41, 5.74) is 6.76. The van der Waals surface area contributed by atoms with Gasteiger partial charge in [0.2, 0.25) is 5.91 Å². The Kier molecular flexibility index (Phi) is 4.11. The molecule has 5 nitrogen and oxygen atoms in total. The summed E-state index contributed by atoms with van der Waals surface area (Å²) in [6.07, 6.45) is 2.39. The molecule has 0 bridgehead atoms. The van der Waals surface area contributed by atoms with Gasteiger partial charge < -0.3 is 10.9 Å². The largest absolute Gasteiger partial charge is 0.409 e. The Morgan fingerprint density at radius 1 is 1.27 bits per heavy atom. The van der Waals surface area contributed by atoms with E-state index in [0.717, 1.165) is 23.4 Å². The number of thiophene rings is 1. The highest BCUT2D eigenvalue weighted by Gasteiger charge is 2.31. The van der Waals surface area contributed by atoms with Crippen molar-refractivity contribution in [2.24, 2.45) is 10.9 Å². The number of benzene rings is 1. The van der Waals surface area contributed by atoms with E-state index in [4.69, 9.17) is 10.9 Å². The standard InChI is InChI=1S/C16H17N3O2S/c17-16(18-21)13-9-10-15(22-13)19-12(7-4-8-14(19)20)11-5-2-1-3-6-11/h1-3,5-6,9-10,12,21H,4,7-8H2,(H2,17,18). The summed E-state index contributed by atoms with van der Waals surface area (Å²) in [6, 6.07) is 13.7. The van der Waals surface area contributed by atoms with Gasteiger partial charge in [-0.2, -0.15) is 0 Å². The maximum atomic E-state index is 12.4. The third-order valence-electron chi connectivity index (χ3n) is 3.82. The summed E-state index contributed by atoms with van der Waals surface area (Å²) in [5, 5.41) is 12.6. The first-order valence-electron chi connectivity index (χ1n) is 7.15. The highest BCUT2D eigenvalue weighted by molar-refractivity contribution is 7.18. The Morgan fingerprint density at radius 3 is 2.77 bits per heavy atom. The third-order valence-corrected chi connectivity index (χ3v) is 4.93. The second-order valence-corrected chi connectivity index (χ2v) is 6.27. The average Bonchev–Trinajstić information content (AvgIpc) is 3.04. The molecule has 1 fully saturated rings. The van der Waals surface area contributed by atoms with Gasteiger partial charge in [-0.1, -0.05) is 35.5 Å². The van der Waals surface area contributed by atoms with E-state index < -0.39 is 0 Å². The van der Waals surface area contributed by atoms with Crippen LogP contribution in [0.1, 0.15) is 35.7 Å². The number of nitrogens with zero attached hydrogens (tertiary/aromatic N) is 2. The number of piperidine rings is 1. The second-order valence-electron chi connectivity index (χ2n) is 5.21. The van der Waals surface area contributed by atoms with Crippen molar-refractivity contribution >= 4 is 28.1 Å². The number of nitrogens with two attached hydrogens (primary N) is 1. The zero-order valence-corrected chi connectivity index (χ0v) is 12.8. The lowest BCUT2D eigenvalue weighted by molar-refractivity contribution is -0.120. The Bertz CT molecular complexity index is 696. The number of carbonyl (C=O) groups excluding carboxylic acids is 1. The lowest BCUT2D eigenvalue weighted by atomic mass is 9.95. The number of hydrogen-bond acceptors (Lipinski definition) is 4. The zero-order valence-electron chi connectivity index (χ0n) is 12.0. The summed E-state index contributed by atoms with van der Waals surface area (Å²) in [7, 11) is 0. The van der Waals surface area contributed by atoms with Crippen LogP contribution in [-0.2, 0) is 4.79 Å². The highest BCUT2D eigenvalue weighted by Crippen LogP contribution is 2.38. The summed E-state index contributed by atoms with van der Waals surface area (Å²) < 4.78 is 0. The van der Waals surface area contributed by atoms with E-state index in [9.17, 15) is 4.79 Å². The van der Waals surface area contributed by atoms with Crippen molar-refractivity contribution in [2.45, 2.75) is 25.3 Å². The van der Waals surface area contributed by atoms with E-state index in [0.29, 0.717) is 11.3 Å². The van der Waals surface area contributed by atoms with E-state index in [1.54, 1.807) is 6.07 Å². The molecule has 1 amide bonds. The van der Waals surface area contributed by atoms with Crippen LogP contribution in [0.2, 0.25) is 0 Å². The molecule has 0 saturated carbocycles. The van der Waals surface area contributed by atoms with Crippen LogP contribution in [0.4, 0.5) is 5.00 Å². The van der Waals surface area contributed by atoms with Crippen molar-refractivity contribution in [1.29, 1.82) is 0 Å². The molecule has 1 atom stereocenters. The van der Waals surface area contributed by atoms with Gasteiger partial charge in [0.05, 0.1) is 15.9 Å². The van der Waals surface area contributed by atoms with Gasteiger partial charge in [-0.05, 0) is 30.5 Å². The fourth-order valence-corrected chi connectivity index (χ4v) is 3.75. The number of anilines is 1.